The number of alkyl halides is 1. The van der Waals surface area contributed by atoms with Crippen LogP contribution in [0.3, 0.4) is 0 Å². The van der Waals surface area contributed by atoms with E-state index in [-0.39, 0.29) is 30.5 Å². The normalized spacial score (nSPS) is 28.0. The SMILES string of the molecule is CC(=O)Nc1ccc(F)c([C@]2(N)COC[C@@]2(F)CO)c1.Cl. The zero-order valence-electron chi connectivity index (χ0n) is 11.4. The van der Waals surface area contributed by atoms with Crippen LogP contribution in [0.25, 0.3) is 0 Å². The van der Waals surface area contributed by atoms with Gasteiger partial charge in [-0.1, -0.05) is 0 Å². The van der Waals surface area contributed by atoms with Crippen LogP contribution in [0, 0.1) is 5.82 Å². The lowest BCUT2D eigenvalue weighted by molar-refractivity contribution is -0.114. The molecule has 118 valence electrons. The molecule has 1 heterocycles. The minimum Gasteiger partial charge on any atom is -0.393 e. The number of nitrogens with two attached hydrogens (primary N) is 1. The molecule has 2 rings (SSSR count). The molecule has 1 fully saturated rings. The van der Waals surface area contributed by atoms with Crippen LogP contribution >= 0.6 is 12.4 Å². The Balaban J connectivity index is 0.00000220. The Morgan fingerprint density at radius 3 is 2.76 bits per heavy atom. The number of halogens is 3. The van der Waals surface area contributed by atoms with E-state index >= 15 is 0 Å². The van der Waals surface area contributed by atoms with Gasteiger partial charge in [0.25, 0.3) is 0 Å². The number of hydrogen-bond acceptors (Lipinski definition) is 4. The first-order chi connectivity index (χ1) is 9.32. The number of aliphatic hydroxyl groups is 1. The third kappa shape index (κ3) is 3.01. The number of nitrogens with one attached hydrogen (secondary N) is 1. The fourth-order valence-corrected chi connectivity index (χ4v) is 2.29. The summed E-state index contributed by atoms with van der Waals surface area (Å²) in [5.41, 5.74) is 2.03. The van der Waals surface area contributed by atoms with Crippen molar-refractivity contribution in [3.63, 3.8) is 0 Å². The Morgan fingerprint density at radius 1 is 1.52 bits per heavy atom. The second kappa shape index (κ2) is 6.23. The molecule has 0 saturated carbocycles. The van der Waals surface area contributed by atoms with Crippen molar-refractivity contribution in [3.8, 4) is 0 Å². The summed E-state index contributed by atoms with van der Waals surface area (Å²) in [4.78, 5) is 11.0. The fourth-order valence-electron chi connectivity index (χ4n) is 2.29. The minimum absolute atomic E-state index is 0. The van der Waals surface area contributed by atoms with Crippen molar-refractivity contribution < 1.29 is 23.4 Å². The van der Waals surface area contributed by atoms with Crippen molar-refractivity contribution in [2.75, 3.05) is 25.1 Å². The molecule has 1 saturated heterocycles. The predicted molar refractivity (Wildman–Crippen MR) is 75.6 cm³/mol. The van der Waals surface area contributed by atoms with E-state index in [1.54, 1.807) is 0 Å². The van der Waals surface area contributed by atoms with Crippen molar-refractivity contribution in [1.82, 2.24) is 0 Å². The van der Waals surface area contributed by atoms with Crippen molar-refractivity contribution >= 4 is 24.0 Å². The van der Waals surface area contributed by atoms with E-state index in [0.29, 0.717) is 5.69 Å². The first-order valence-electron chi connectivity index (χ1n) is 6.06. The predicted octanol–water partition coefficient (Wildman–Crippen LogP) is 1.09. The van der Waals surface area contributed by atoms with Crippen molar-refractivity contribution in [3.05, 3.63) is 29.6 Å². The van der Waals surface area contributed by atoms with Gasteiger partial charge in [-0.2, -0.15) is 0 Å². The third-order valence-corrected chi connectivity index (χ3v) is 3.48. The van der Waals surface area contributed by atoms with Gasteiger partial charge in [-0.05, 0) is 18.2 Å². The molecule has 1 aliphatic rings. The fraction of sp³-hybridized carbons (Fsp3) is 0.462. The summed E-state index contributed by atoms with van der Waals surface area (Å²) in [5.74, 6) is -1.06. The average Bonchev–Trinajstić information content (AvgIpc) is 2.69. The molecule has 1 aromatic rings. The molecular weight excluding hydrogens is 306 g/mol. The van der Waals surface area contributed by atoms with Crippen LogP contribution in [0.4, 0.5) is 14.5 Å². The van der Waals surface area contributed by atoms with Crippen molar-refractivity contribution in [2.45, 2.75) is 18.1 Å². The number of amides is 1. The standard InChI is InChI=1S/C13H16F2N2O3.ClH/c1-8(19)17-9-2-3-11(14)10(4-9)13(16)7-20-6-12(13,15)5-18;/h2-4,18H,5-7,16H2,1H3,(H,17,19);1H/t12-,13+;/m0./s1. The second-order valence-corrected chi connectivity index (χ2v) is 4.96. The molecule has 5 nitrogen and oxygen atoms in total. The molecule has 0 aliphatic carbocycles. The molecule has 0 unspecified atom stereocenters. The van der Waals surface area contributed by atoms with Gasteiger partial charge in [0.1, 0.15) is 11.4 Å². The smallest absolute Gasteiger partial charge is 0.221 e. The number of anilines is 1. The van der Waals surface area contributed by atoms with E-state index in [2.05, 4.69) is 5.32 Å². The second-order valence-electron chi connectivity index (χ2n) is 4.96. The lowest BCUT2D eigenvalue weighted by Crippen LogP contribution is -2.57. The summed E-state index contributed by atoms with van der Waals surface area (Å²) >= 11 is 0. The maximum atomic E-state index is 14.6. The highest BCUT2D eigenvalue weighted by Gasteiger charge is 2.56. The van der Waals surface area contributed by atoms with E-state index in [1.807, 2.05) is 0 Å². The van der Waals surface area contributed by atoms with E-state index < -0.39 is 30.2 Å². The highest BCUT2D eigenvalue weighted by molar-refractivity contribution is 5.88. The molecule has 1 aliphatic heterocycles. The first kappa shape index (κ1) is 17.8. The van der Waals surface area contributed by atoms with Crippen LogP contribution in [0.2, 0.25) is 0 Å². The van der Waals surface area contributed by atoms with Crippen LogP contribution in [0.15, 0.2) is 18.2 Å². The zero-order valence-corrected chi connectivity index (χ0v) is 12.2. The van der Waals surface area contributed by atoms with E-state index in [1.165, 1.54) is 19.1 Å². The van der Waals surface area contributed by atoms with Crippen LogP contribution in [-0.4, -0.2) is 36.5 Å². The Labute approximate surface area is 126 Å². The first-order valence-corrected chi connectivity index (χ1v) is 6.06. The zero-order chi connectivity index (χ0) is 15.0. The van der Waals surface area contributed by atoms with Crippen molar-refractivity contribution in [2.24, 2.45) is 5.73 Å². The molecule has 1 amide bonds. The molecular formula is C13H17ClF2N2O3. The molecule has 1 aromatic carbocycles. The van der Waals surface area contributed by atoms with Gasteiger partial charge in [-0.25, -0.2) is 8.78 Å². The van der Waals surface area contributed by atoms with E-state index in [4.69, 9.17) is 10.5 Å². The number of aliphatic hydroxyl groups excluding tert-OH is 1. The topological polar surface area (TPSA) is 84.6 Å². The summed E-state index contributed by atoms with van der Waals surface area (Å²) in [5, 5.41) is 11.7. The van der Waals surface area contributed by atoms with Crippen LogP contribution < -0.4 is 11.1 Å². The summed E-state index contributed by atoms with van der Waals surface area (Å²) in [7, 11) is 0. The number of ether oxygens (including phenoxy) is 1. The number of carbonyl (C=O) groups excluding carboxylic acids is 1. The highest BCUT2D eigenvalue weighted by atomic mass is 35.5. The monoisotopic (exact) mass is 322 g/mol. The van der Waals surface area contributed by atoms with Gasteiger partial charge in [0.15, 0.2) is 5.67 Å². The van der Waals surface area contributed by atoms with Gasteiger partial charge in [0.05, 0.1) is 19.8 Å². The van der Waals surface area contributed by atoms with Crippen LogP contribution in [-0.2, 0) is 15.1 Å². The van der Waals surface area contributed by atoms with Gasteiger partial charge in [0, 0.05) is 18.2 Å². The minimum atomic E-state index is -2.28. The summed E-state index contributed by atoms with van der Waals surface area (Å²) in [6.07, 6.45) is 0. The Kier molecular flexibility index (Phi) is 5.27. The maximum absolute atomic E-state index is 14.6. The molecule has 0 radical (unpaired) electrons. The summed E-state index contributed by atoms with van der Waals surface area (Å²) in [6, 6.07) is 3.69. The molecule has 0 bridgehead atoms. The molecule has 8 heteroatoms. The number of hydrogen-bond donors (Lipinski definition) is 3. The van der Waals surface area contributed by atoms with Crippen LogP contribution in [0.1, 0.15) is 12.5 Å². The average molecular weight is 323 g/mol. The number of benzene rings is 1. The number of rotatable bonds is 3. The van der Waals surface area contributed by atoms with E-state index in [0.717, 1.165) is 6.07 Å². The molecule has 0 aromatic heterocycles. The Bertz CT molecular complexity index is 546. The van der Waals surface area contributed by atoms with Gasteiger partial charge >= 0.3 is 0 Å². The molecule has 0 spiro atoms. The molecule has 2 atom stereocenters. The van der Waals surface area contributed by atoms with Crippen molar-refractivity contribution in [1.29, 1.82) is 0 Å². The van der Waals surface area contributed by atoms with Gasteiger partial charge in [-0.3, -0.25) is 4.79 Å². The Hall–Kier alpha value is -1.28. The Morgan fingerprint density at radius 2 is 2.19 bits per heavy atom. The van der Waals surface area contributed by atoms with E-state index in [9.17, 15) is 18.7 Å². The largest absolute Gasteiger partial charge is 0.393 e. The third-order valence-electron chi connectivity index (χ3n) is 3.48. The van der Waals surface area contributed by atoms with Gasteiger partial charge in [-0.15, -0.1) is 12.4 Å². The lowest BCUT2D eigenvalue weighted by Gasteiger charge is -2.34. The van der Waals surface area contributed by atoms with Gasteiger partial charge < -0.3 is 20.9 Å². The lowest BCUT2D eigenvalue weighted by atomic mass is 9.79. The number of carbonyl (C=O) groups is 1. The molecule has 4 N–H and O–H groups in total. The summed E-state index contributed by atoms with van der Waals surface area (Å²) < 4.78 is 33.6. The summed E-state index contributed by atoms with van der Waals surface area (Å²) in [6.45, 7) is -0.255. The van der Waals surface area contributed by atoms with Crippen LogP contribution in [0.5, 0.6) is 0 Å². The maximum Gasteiger partial charge on any atom is 0.221 e. The highest BCUT2D eigenvalue weighted by Crippen LogP contribution is 2.41. The molecule has 21 heavy (non-hydrogen) atoms. The van der Waals surface area contributed by atoms with Gasteiger partial charge in [0.2, 0.25) is 5.91 Å². The quantitative estimate of drug-likeness (QED) is 0.778.